The predicted molar refractivity (Wildman–Crippen MR) is 139 cm³/mol. The Labute approximate surface area is 212 Å². The Morgan fingerprint density at radius 2 is 1.64 bits per heavy atom. The number of aryl methyl sites for hydroxylation is 1. The number of carbonyl (C=O) groups is 2. The first-order chi connectivity index (χ1) is 17.2. The van der Waals surface area contributed by atoms with E-state index in [0.29, 0.717) is 11.4 Å². The van der Waals surface area contributed by atoms with Crippen molar-refractivity contribution >= 4 is 27.5 Å². The summed E-state index contributed by atoms with van der Waals surface area (Å²) >= 11 is 0. The number of likely N-dealkylation sites (N-methyl/N-ethyl adjacent to an activating group) is 1. The van der Waals surface area contributed by atoms with Crippen LogP contribution < -0.4 is 14.4 Å². The summed E-state index contributed by atoms with van der Waals surface area (Å²) in [4.78, 5) is 27.6. The molecule has 9 heteroatoms. The molecule has 3 aromatic carbocycles. The number of carbonyl (C=O) groups excluding carboxylic acids is 2. The van der Waals surface area contributed by atoms with E-state index in [0.717, 1.165) is 15.4 Å². The monoisotopic (exact) mass is 509 g/mol. The fourth-order valence-electron chi connectivity index (χ4n) is 3.80. The number of para-hydroxylation sites is 1. The number of nitrogens with one attached hydrogen (secondary N) is 1. The van der Waals surface area contributed by atoms with E-state index < -0.39 is 28.5 Å². The van der Waals surface area contributed by atoms with Gasteiger partial charge in [0.15, 0.2) is 0 Å². The number of benzene rings is 3. The summed E-state index contributed by atoms with van der Waals surface area (Å²) in [6, 6.07) is 21.2. The van der Waals surface area contributed by atoms with E-state index in [1.54, 1.807) is 49.4 Å². The largest absolute Gasteiger partial charge is 0.497 e. The van der Waals surface area contributed by atoms with Gasteiger partial charge in [-0.05, 0) is 55.8 Å². The topological polar surface area (TPSA) is 96.0 Å². The first kappa shape index (κ1) is 26.7. The van der Waals surface area contributed by atoms with E-state index in [2.05, 4.69) is 5.32 Å². The standard InChI is InChI=1S/C27H31N3O5S/c1-20-9-8-10-22(17-20)18-29(21(2)27(32)28-3)26(31)19-30(23-11-6-5-7-12-23)36(33,34)25-15-13-24(35-4)14-16-25/h5-17,21H,18-19H2,1-4H3,(H,28,32). The molecule has 0 bridgehead atoms. The van der Waals surface area contributed by atoms with E-state index >= 15 is 0 Å². The van der Waals surface area contributed by atoms with Crippen molar-refractivity contribution in [3.05, 3.63) is 90.0 Å². The van der Waals surface area contributed by atoms with Gasteiger partial charge in [-0.15, -0.1) is 0 Å². The number of hydrogen-bond acceptors (Lipinski definition) is 5. The van der Waals surface area contributed by atoms with Gasteiger partial charge in [0.2, 0.25) is 11.8 Å². The molecule has 8 nitrogen and oxygen atoms in total. The molecule has 0 fully saturated rings. The second kappa shape index (κ2) is 11.7. The van der Waals surface area contributed by atoms with Gasteiger partial charge in [0.05, 0.1) is 17.7 Å². The molecule has 0 aliphatic heterocycles. The number of hydrogen-bond donors (Lipinski definition) is 1. The van der Waals surface area contributed by atoms with Crippen molar-refractivity contribution in [2.45, 2.75) is 31.3 Å². The second-order valence-electron chi connectivity index (χ2n) is 8.32. The molecule has 3 aromatic rings. The lowest BCUT2D eigenvalue weighted by atomic mass is 10.1. The summed E-state index contributed by atoms with van der Waals surface area (Å²) in [7, 11) is -1.12. The molecule has 0 aromatic heterocycles. The number of amides is 2. The van der Waals surface area contributed by atoms with Crippen LogP contribution in [-0.4, -0.2) is 51.9 Å². The molecule has 0 radical (unpaired) electrons. The van der Waals surface area contributed by atoms with Crippen LogP contribution in [0.2, 0.25) is 0 Å². The number of sulfonamides is 1. The molecule has 3 rings (SSSR count). The number of methoxy groups -OCH3 is 1. The maximum atomic E-state index is 13.7. The molecular weight excluding hydrogens is 478 g/mol. The normalized spacial score (nSPS) is 11.9. The van der Waals surface area contributed by atoms with Crippen LogP contribution in [0.1, 0.15) is 18.1 Å². The lowest BCUT2D eigenvalue weighted by Gasteiger charge is -2.31. The average molecular weight is 510 g/mol. The molecule has 36 heavy (non-hydrogen) atoms. The number of nitrogens with zero attached hydrogens (tertiary/aromatic N) is 2. The van der Waals surface area contributed by atoms with Crippen LogP contribution in [0.5, 0.6) is 5.75 Å². The van der Waals surface area contributed by atoms with Crippen LogP contribution in [0.25, 0.3) is 0 Å². The molecule has 2 amide bonds. The van der Waals surface area contributed by atoms with Gasteiger partial charge in [0, 0.05) is 13.6 Å². The van der Waals surface area contributed by atoms with Crippen molar-refractivity contribution in [3.63, 3.8) is 0 Å². The highest BCUT2D eigenvalue weighted by Gasteiger charge is 2.32. The Morgan fingerprint density at radius 1 is 0.972 bits per heavy atom. The van der Waals surface area contributed by atoms with Gasteiger partial charge >= 0.3 is 0 Å². The summed E-state index contributed by atoms with van der Waals surface area (Å²) in [5.74, 6) is -0.339. The molecule has 0 aliphatic rings. The van der Waals surface area contributed by atoms with E-state index in [1.165, 1.54) is 31.2 Å². The number of rotatable bonds is 10. The third-order valence-electron chi connectivity index (χ3n) is 5.82. The molecule has 0 spiro atoms. The minimum Gasteiger partial charge on any atom is -0.497 e. The first-order valence-electron chi connectivity index (χ1n) is 11.5. The Bertz CT molecular complexity index is 1290. The first-order valence-corrected chi connectivity index (χ1v) is 12.9. The van der Waals surface area contributed by atoms with Crippen LogP contribution in [0.4, 0.5) is 5.69 Å². The quantitative estimate of drug-likeness (QED) is 0.452. The van der Waals surface area contributed by atoms with Gasteiger partial charge in [-0.3, -0.25) is 13.9 Å². The van der Waals surface area contributed by atoms with Crippen molar-refractivity contribution in [3.8, 4) is 5.75 Å². The Balaban J connectivity index is 2.00. The fraction of sp³-hybridized carbons (Fsp3) is 0.259. The van der Waals surface area contributed by atoms with Crippen molar-refractivity contribution in [2.24, 2.45) is 0 Å². The fourth-order valence-corrected chi connectivity index (χ4v) is 5.21. The van der Waals surface area contributed by atoms with Crippen molar-refractivity contribution < 1.29 is 22.7 Å². The van der Waals surface area contributed by atoms with Crippen molar-refractivity contribution in [1.29, 1.82) is 0 Å². The lowest BCUT2D eigenvalue weighted by molar-refractivity contribution is -0.139. The van der Waals surface area contributed by atoms with E-state index in [1.807, 2.05) is 31.2 Å². The van der Waals surface area contributed by atoms with E-state index in [9.17, 15) is 18.0 Å². The van der Waals surface area contributed by atoms with Crippen LogP contribution in [0.15, 0.2) is 83.8 Å². The Morgan fingerprint density at radius 3 is 2.22 bits per heavy atom. The van der Waals surface area contributed by atoms with Crippen molar-refractivity contribution in [2.75, 3.05) is 25.0 Å². The van der Waals surface area contributed by atoms with E-state index in [-0.39, 0.29) is 17.3 Å². The molecular formula is C27H31N3O5S. The molecule has 1 atom stereocenters. The summed E-state index contributed by atoms with van der Waals surface area (Å²) in [5, 5.41) is 2.57. The number of anilines is 1. The van der Waals surface area contributed by atoms with Gasteiger partial charge in [0.25, 0.3) is 10.0 Å². The smallest absolute Gasteiger partial charge is 0.264 e. The van der Waals surface area contributed by atoms with Crippen LogP contribution in [-0.2, 0) is 26.2 Å². The molecule has 0 saturated carbocycles. The van der Waals surface area contributed by atoms with Gasteiger partial charge < -0.3 is 15.0 Å². The van der Waals surface area contributed by atoms with Gasteiger partial charge in [0.1, 0.15) is 18.3 Å². The van der Waals surface area contributed by atoms with Gasteiger partial charge in [-0.25, -0.2) is 8.42 Å². The zero-order chi connectivity index (χ0) is 26.3. The highest BCUT2D eigenvalue weighted by molar-refractivity contribution is 7.92. The lowest BCUT2D eigenvalue weighted by Crippen LogP contribution is -2.50. The molecule has 0 saturated heterocycles. The minimum atomic E-state index is -4.11. The van der Waals surface area contributed by atoms with Crippen molar-refractivity contribution in [1.82, 2.24) is 10.2 Å². The summed E-state index contributed by atoms with van der Waals surface area (Å²) in [5.41, 5.74) is 2.19. The third kappa shape index (κ3) is 6.23. The molecule has 190 valence electrons. The number of ether oxygens (including phenoxy) is 1. The highest BCUT2D eigenvalue weighted by atomic mass is 32.2. The molecule has 1 unspecified atom stereocenters. The maximum absolute atomic E-state index is 13.7. The maximum Gasteiger partial charge on any atom is 0.264 e. The molecule has 1 N–H and O–H groups in total. The van der Waals surface area contributed by atoms with Crippen LogP contribution in [0.3, 0.4) is 0 Å². The summed E-state index contributed by atoms with van der Waals surface area (Å²) < 4.78 is 33.6. The average Bonchev–Trinajstić information content (AvgIpc) is 2.89. The predicted octanol–water partition coefficient (Wildman–Crippen LogP) is 3.36. The van der Waals surface area contributed by atoms with Gasteiger partial charge in [-0.2, -0.15) is 0 Å². The van der Waals surface area contributed by atoms with Crippen LogP contribution in [0, 0.1) is 6.92 Å². The Kier molecular flexibility index (Phi) is 8.71. The SMILES string of the molecule is CNC(=O)C(C)N(Cc1cccc(C)c1)C(=O)CN(c1ccccc1)S(=O)(=O)c1ccc(OC)cc1. The summed E-state index contributed by atoms with van der Waals surface area (Å²) in [6.45, 7) is 3.24. The third-order valence-corrected chi connectivity index (χ3v) is 7.61. The van der Waals surface area contributed by atoms with E-state index in [4.69, 9.17) is 4.74 Å². The van der Waals surface area contributed by atoms with Crippen LogP contribution >= 0.6 is 0 Å². The molecule has 0 heterocycles. The highest BCUT2D eigenvalue weighted by Crippen LogP contribution is 2.25. The minimum absolute atomic E-state index is 0.0181. The summed E-state index contributed by atoms with van der Waals surface area (Å²) in [6.07, 6.45) is 0. The zero-order valence-electron chi connectivity index (χ0n) is 20.8. The second-order valence-corrected chi connectivity index (χ2v) is 10.2. The van der Waals surface area contributed by atoms with Gasteiger partial charge in [-0.1, -0.05) is 48.0 Å². The zero-order valence-corrected chi connectivity index (χ0v) is 21.7. The molecule has 0 aliphatic carbocycles. The Hall–Kier alpha value is -3.85.